The average molecular weight is 243 g/mol. The summed E-state index contributed by atoms with van der Waals surface area (Å²) in [6.07, 6.45) is 0.910. The van der Waals surface area contributed by atoms with Crippen LogP contribution in [0.1, 0.15) is 5.56 Å². The Bertz CT molecular complexity index is 366. The van der Waals surface area contributed by atoms with Crippen LogP contribution < -0.4 is 5.32 Å². The predicted octanol–water partition coefficient (Wildman–Crippen LogP) is 1.93. The fraction of sp³-hybridized carbons (Fsp3) is 0.500. The number of nitrogens with one attached hydrogen (secondary N) is 1. The number of hydrogen-bond donors (Lipinski definition) is 1. The predicted molar refractivity (Wildman–Crippen MR) is 64.4 cm³/mol. The molecule has 88 valence electrons. The molecule has 16 heavy (non-hydrogen) atoms. The summed E-state index contributed by atoms with van der Waals surface area (Å²) in [7, 11) is 2.12. The Kier molecular flexibility index (Phi) is 3.79. The van der Waals surface area contributed by atoms with Crippen LogP contribution in [0.5, 0.6) is 0 Å². The molecule has 0 amide bonds. The highest BCUT2D eigenvalue weighted by Crippen LogP contribution is 2.16. The molecule has 1 fully saturated rings. The minimum absolute atomic E-state index is 0.213. The molecule has 4 heteroatoms. The van der Waals surface area contributed by atoms with Crippen molar-refractivity contribution in [3.8, 4) is 0 Å². The van der Waals surface area contributed by atoms with Gasteiger partial charge < -0.3 is 10.2 Å². The van der Waals surface area contributed by atoms with Crippen molar-refractivity contribution < 1.29 is 4.39 Å². The topological polar surface area (TPSA) is 15.3 Å². The third-order valence-electron chi connectivity index (χ3n) is 3.12. The van der Waals surface area contributed by atoms with Crippen molar-refractivity contribution in [2.24, 2.45) is 0 Å². The second kappa shape index (κ2) is 5.13. The Morgan fingerprint density at radius 3 is 2.81 bits per heavy atom. The quantitative estimate of drug-likeness (QED) is 0.868. The monoisotopic (exact) mass is 242 g/mol. The fourth-order valence-electron chi connectivity index (χ4n) is 1.77. The molecule has 1 aromatic rings. The molecule has 1 aromatic carbocycles. The maximum Gasteiger partial charge on any atom is 0.141 e. The van der Waals surface area contributed by atoms with E-state index in [0.29, 0.717) is 6.04 Å². The van der Waals surface area contributed by atoms with Gasteiger partial charge in [-0.25, -0.2) is 4.39 Å². The first-order chi connectivity index (χ1) is 7.66. The van der Waals surface area contributed by atoms with Gasteiger partial charge >= 0.3 is 0 Å². The Hall–Kier alpha value is -0.640. The molecule has 2 nitrogen and oxygen atoms in total. The van der Waals surface area contributed by atoms with Crippen molar-refractivity contribution in [3.05, 3.63) is 34.6 Å². The Morgan fingerprint density at radius 2 is 2.25 bits per heavy atom. The normalized spacial score (nSPS) is 16.5. The smallest absolute Gasteiger partial charge is 0.141 e. The lowest BCUT2D eigenvalue weighted by atomic mass is 10.1. The third-order valence-corrected chi connectivity index (χ3v) is 3.41. The summed E-state index contributed by atoms with van der Waals surface area (Å²) in [6, 6.07) is 5.59. The first-order valence-corrected chi connectivity index (χ1v) is 5.89. The van der Waals surface area contributed by atoms with E-state index >= 15 is 0 Å². The van der Waals surface area contributed by atoms with Crippen molar-refractivity contribution >= 4 is 11.6 Å². The molecule has 1 N–H and O–H groups in total. The zero-order valence-corrected chi connectivity index (χ0v) is 10.1. The van der Waals surface area contributed by atoms with E-state index in [1.54, 1.807) is 12.1 Å². The van der Waals surface area contributed by atoms with Gasteiger partial charge in [-0.05, 0) is 31.2 Å². The molecule has 0 spiro atoms. The summed E-state index contributed by atoms with van der Waals surface area (Å²) >= 11 is 5.73. The second-order valence-electron chi connectivity index (χ2n) is 4.29. The van der Waals surface area contributed by atoms with E-state index in [0.717, 1.165) is 31.6 Å². The van der Waals surface area contributed by atoms with Crippen LogP contribution in [-0.4, -0.2) is 37.6 Å². The maximum absolute atomic E-state index is 12.9. The van der Waals surface area contributed by atoms with Gasteiger partial charge in [-0.1, -0.05) is 17.7 Å². The maximum atomic E-state index is 12.9. The van der Waals surface area contributed by atoms with E-state index in [9.17, 15) is 4.39 Å². The molecule has 0 radical (unpaired) electrons. The molecule has 1 aliphatic heterocycles. The van der Waals surface area contributed by atoms with Crippen molar-refractivity contribution in [1.29, 1.82) is 0 Å². The molecular formula is C12H16ClFN2. The summed E-state index contributed by atoms with van der Waals surface area (Å²) in [4.78, 5) is 2.33. The molecule has 1 aliphatic rings. The molecule has 0 bridgehead atoms. The minimum Gasteiger partial charge on any atom is -0.314 e. The number of likely N-dealkylation sites (N-methyl/N-ethyl adjacent to an activating group) is 1. The van der Waals surface area contributed by atoms with Crippen LogP contribution in [0.3, 0.4) is 0 Å². The third kappa shape index (κ3) is 2.73. The Labute approximate surface area is 100 Å². The van der Waals surface area contributed by atoms with E-state index in [1.165, 1.54) is 6.07 Å². The van der Waals surface area contributed by atoms with E-state index < -0.39 is 0 Å². The molecule has 1 heterocycles. The van der Waals surface area contributed by atoms with Gasteiger partial charge in [-0.3, -0.25) is 0 Å². The highest BCUT2D eigenvalue weighted by atomic mass is 35.5. The highest BCUT2D eigenvalue weighted by molar-refractivity contribution is 6.30. The summed E-state index contributed by atoms with van der Waals surface area (Å²) < 4.78 is 12.9. The van der Waals surface area contributed by atoms with Gasteiger partial charge in [0.1, 0.15) is 5.82 Å². The van der Waals surface area contributed by atoms with Crippen molar-refractivity contribution in [2.75, 3.05) is 26.7 Å². The summed E-state index contributed by atoms with van der Waals surface area (Å²) in [6.45, 7) is 3.12. The van der Waals surface area contributed by atoms with Crippen LogP contribution >= 0.6 is 11.6 Å². The van der Waals surface area contributed by atoms with Gasteiger partial charge in [0, 0.05) is 25.7 Å². The largest absolute Gasteiger partial charge is 0.314 e. The summed E-state index contributed by atoms with van der Waals surface area (Å²) in [5, 5.41) is 3.46. The lowest BCUT2D eigenvalue weighted by Crippen LogP contribution is -2.56. The fourth-order valence-corrected chi connectivity index (χ4v) is 1.97. The number of benzene rings is 1. The van der Waals surface area contributed by atoms with Gasteiger partial charge in [0.15, 0.2) is 0 Å². The Morgan fingerprint density at radius 1 is 1.50 bits per heavy atom. The van der Waals surface area contributed by atoms with Gasteiger partial charge in [0.05, 0.1) is 5.02 Å². The standard InChI is InChI=1S/C12H16ClFN2/c1-16(10-7-15-8-10)5-4-9-2-3-12(14)11(13)6-9/h2-3,6,10,15H,4-5,7-8H2,1H3. The van der Waals surface area contributed by atoms with E-state index in [4.69, 9.17) is 11.6 Å². The van der Waals surface area contributed by atoms with E-state index in [-0.39, 0.29) is 10.8 Å². The number of nitrogens with zero attached hydrogens (tertiary/aromatic N) is 1. The molecule has 0 aromatic heterocycles. The Balaban J connectivity index is 1.86. The SMILES string of the molecule is CN(CCc1ccc(F)c(Cl)c1)C1CNC1. The molecule has 0 atom stereocenters. The summed E-state index contributed by atoms with van der Waals surface area (Å²) in [5.74, 6) is -0.345. The van der Waals surface area contributed by atoms with Gasteiger partial charge in [-0.2, -0.15) is 0 Å². The van der Waals surface area contributed by atoms with Crippen molar-refractivity contribution in [2.45, 2.75) is 12.5 Å². The highest BCUT2D eigenvalue weighted by Gasteiger charge is 2.20. The summed E-state index contributed by atoms with van der Waals surface area (Å²) in [5.41, 5.74) is 1.09. The van der Waals surface area contributed by atoms with Gasteiger partial charge in [-0.15, -0.1) is 0 Å². The zero-order valence-electron chi connectivity index (χ0n) is 9.34. The van der Waals surface area contributed by atoms with E-state index in [1.807, 2.05) is 0 Å². The van der Waals surface area contributed by atoms with Crippen LogP contribution in [0.2, 0.25) is 5.02 Å². The lowest BCUT2D eigenvalue weighted by Gasteiger charge is -2.35. The number of hydrogen-bond acceptors (Lipinski definition) is 2. The van der Waals surface area contributed by atoms with Crippen LogP contribution in [0.4, 0.5) is 4.39 Å². The van der Waals surface area contributed by atoms with Gasteiger partial charge in [0.2, 0.25) is 0 Å². The number of rotatable bonds is 4. The van der Waals surface area contributed by atoms with Crippen LogP contribution in [-0.2, 0) is 6.42 Å². The molecule has 1 saturated heterocycles. The van der Waals surface area contributed by atoms with Crippen LogP contribution in [0.25, 0.3) is 0 Å². The first-order valence-electron chi connectivity index (χ1n) is 5.51. The first kappa shape index (κ1) is 11.8. The zero-order chi connectivity index (χ0) is 11.5. The molecule has 0 aliphatic carbocycles. The van der Waals surface area contributed by atoms with E-state index in [2.05, 4.69) is 17.3 Å². The van der Waals surface area contributed by atoms with Crippen molar-refractivity contribution in [3.63, 3.8) is 0 Å². The van der Waals surface area contributed by atoms with Crippen molar-refractivity contribution in [1.82, 2.24) is 10.2 Å². The van der Waals surface area contributed by atoms with Crippen LogP contribution in [0, 0.1) is 5.82 Å². The van der Waals surface area contributed by atoms with Gasteiger partial charge in [0.25, 0.3) is 0 Å². The number of halogens is 2. The molecule has 0 saturated carbocycles. The van der Waals surface area contributed by atoms with Crippen LogP contribution in [0.15, 0.2) is 18.2 Å². The second-order valence-corrected chi connectivity index (χ2v) is 4.70. The molecular weight excluding hydrogens is 227 g/mol. The minimum atomic E-state index is -0.345. The lowest BCUT2D eigenvalue weighted by molar-refractivity contribution is 0.182. The molecule has 2 rings (SSSR count). The molecule has 0 unspecified atom stereocenters. The average Bonchev–Trinajstić information content (AvgIpc) is 2.17.